The maximum atomic E-state index is 6.51. The van der Waals surface area contributed by atoms with E-state index >= 15 is 0 Å². The average molecular weight is 1190 g/mol. The van der Waals surface area contributed by atoms with E-state index in [4.69, 9.17) is 8.83 Å². The molecule has 0 aliphatic rings. The van der Waals surface area contributed by atoms with Crippen LogP contribution in [-0.4, -0.2) is 0 Å². The normalized spacial score (nSPS) is 11.8. The average Bonchev–Trinajstić information content (AvgIpc) is 0.887. The molecule has 0 saturated heterocycles. The van der Waals surface area contributed by atoms with Gasteiger partial charge in [-0.15, -0.1) is 0 Å². The van der Waals surface area contributed by atoms with Gasteiger partial charge in [-0.3, -0.25) is 0 Å². The van der Waals surface area contributed by atoms with E-state index in [1.54, 1.807) is 0 Å². The fourth-order valence-corrected chi connectivity index (χ4v) is 15.3. The first-order valence-corrected chi connectivity index (χ1v) is 32.4. The molecule has 18 aromatic carbocycles. The van der Waals surface area contributed by atoms with Gasteiger partial charge in [-0.1, -0.05) is 279 Å². The third-order valence-electron chi connectivity index (χ3n) is 19.6. The number of furan rings is 2. The van der Waals surface area contributed by atoms with Gasteiger partial charge in [0.1, 0.15) is 22.3 Å². The number of hydrogen-bond acceptors (Lipinski definition) is 2. The van der Waals surface area contributed by atoms with E-state index < -0.39 is 0 Å². The standard InChI is InChI=1S/C50H30O.C42H26O/c1-3-12-34-27-38(19-17-31(34)9-1)48-41-15-7-8-16-42(41)49(39-20-18-32-10-2-4-13-35(32)28-39)45-29-36(21-24-43(45)48)37-22-25-44-47(30-37)51-46-26-23-33-11-5-6-14-40(33)50(44)46;1-3-12-28(13-4-1)40-33-17-9-10-18-34(33)41(29-14-5-2-6-15-29)37-25-30(19-22-35(37)40)31-20-23-36-39(26-31)43-38-24-21-27-11-7-8-16-32(27)42(36)38/h1-30H;1-26H. The summed E-state index contributed by atoms with van der Waals surface area (Å²) in [4.78, 5) is 0. The van der Waals surface area contributed by atoms with Crippen LogP contribution in [-0.2, 0) is 0 Å². The molecule has 0 spiro atoms. The van der Waals surface area contributed by atoms with Crippen LogP contribution in [0.1, 0.15) is 0 Å². The van der Waals surface area contributed by atoms with E-state index in [0.717, 1.165) is 49.8 Å². The van der Waals surface area contributed by atoms with E-state index in [0.29, 0.717) is 0 Å². The minimum atomic E-state index is 0.907. The second kappa shape index (κ2) is 21.7. The molecule has 2 aromatic heterocycles. The van der Waals surface area contributed by atoms with Gasteiger partial charge in [0.2, 0.25) is 0 Å². The van der Waals surface area contributed by atoms with Crippen molar-refractivity contribution in [3.05, 3.63) is 340 Å². The molecule has 0 amide bonds. The van der Waals surface area contributed by atoms with E-state index in [-0.39, 0.29) is 0 Å². The summed E-state index contributed by atoms with van der Waals surface area (Å²) in [6.07, 6.45) is 0. The molecule has 436 valence electrons. The quantitative estimate of drug-likeness (QED) is 0.155. The Labute approximate surface area is 542 Å². The highest BCUT2D eigenvalue weighted by Gasteiger charge is 2.22. The van der Waals surface area contributed by atoms with Crippen LogP contribution in [0.3, 0.4) is 0 Å². The predicted octanol–water partition coefficient (Wildman–Crippen LogP) is 26.4. The maximum Gasteiger partial charge on any atom is 0.136 e. The van der Waals surface area contributed by atoms with E-state index in [2.05, 4.69) is 340 Å². The lowest BCUT2D eigenvalue weighted by molar-refractivity contribution is 0.669. The van der Waals surface area contributed by atoms with Crippen LogP contribution < -0.4 is 0 Å². The zero-order chi connectivity index (χ0) is 61.8. The smallest absolute Gasteiger partial charge is 0.136 e. The van der Waals surface area contributed by atoms with Gasteiger partial charge in [0.15, 0.2) is 0 Å². The Morgan fingerprint density at radius 1 is 0.138 bits per heavy atom. The van der Waals surface area contributed by atoms with Crippen molar-refractivity contribution in [1.82, 2.24) is 0 Å². The first-order chi connectivity index (χ1) is 46.6. The van der Waals surface area contributed by atoms with Gasteiger partial charge < -0.3 is 8.83 Å². The zero-order valence-corrected chi connectivity index (χ0v) is 51.1. The van der Waals surface area contributed by atoms with Crippen molar-refractivity contribution < 1.29 is 8.83 Å². The fraction of sp³-hybridized carbons (Fsp3) is 0. The Morgan fingerprint density at radius 2 is 0.426 bits per heavy atom. The molecular weight excluding hydrogens is 1140 g/mol. The van der Waals surface area contributed by atoms with Crippen LogP contribution in [0, 0.1) is 0 Å². The van der Waals surface area contributed by atoms with E-state index in [1.807, 2.05) is 0 Å². The van der Waals surface area contributed by atoms with Gasteiger partial charge in [-0.05, 0) is 214 Å². The van der Waals surface area contributed by atoms with Gasteiger partial charge >= 0.3 is 0 Å². The third kappa shape index (κ3) is 8.72. The lowest BCUT2D eigenvalue weighted by Crippen LogP contribution is -1.92. The minimum absolute atomic E-state index is 0.907. The van der Waals surface area contributed by atoms with Crippen LogP contribution in [0.5, 0.6) is 0 Å². The molecule has 0 radical (unpaired) electrons. The first-order valence-electron chi connectivity index (χ1n) is 32.4. The second-order valence-electron chi connectivity index (χ2n) is 24.9. The fourth-order valence-electron chi connectivity index (χ4n) is 15.3. The van der Waals surface area contributed by atoms with Crippen molar-refractivity contribution in [3.8, 4) is 66.8 Å². The number of fused-ring (bicyclic) bond motifs is 16. The van der Waals surface area contributed by atoms with Gasteiger partial charge in [0, 0.05) is 21.5 Å². The molecule has 0 saturated carbocycles. The zero-order valence-electron chi connectivity index (χ0n) is 51.1. The van der Waals surface area contributed by atoms with Gasteiger partial charge in [0.25, 0.3) is 0 Å². The summed E-state index contributed by atoms with van der Waals surface area (Å²) in [6, 6.07) is 123. The van der Waals surface area contributed by atoms with Gasteiger partial charge in [-0.2, -0.15) is 0 Å². The van der Waals surface area contributed by atoms with Crippen molar-refractivity contribution in [1.29, 1.82) is 0 Å². The molecule has 0 aliphatic heterocycles. The maximum absolute atomic E-state index is 6.51. The summed E-state index contributed by atoms with van der Waals surface area (Å²) in [5, 5.41) is 24.6. The number of hydrogen-bond donors (Lipinski definition) is 0. The van der Waals surface area contributed by atoms with E-state index in [9.17, 15) is 0 Å². The largest absolute Gasteiger partial charge is 0.456 e. The van der Waals surface area contributed by atoms with Crippen LogP contribution >= 0.6 is 0 Å². The van der Waals surface area contributed by atoms with E-state index in [1.165, 1.54) is 147 Å². The predicted molar refractivity (Wildman–Crippen MR) is 400 cm³/mol. The number of rotatable bonds is 6. The van der Waals surface area contributed by atoms with Crippen molar-refractivity contribution in [3.63, 3.8) is 0 Å². The molecule has 0 N–H and O–H groups in total. The summed E-state index contributed by atoms with van der Waals surface area (Å²) in [5.74, 6) is 0. The monoisotopic (exact) mass is 1190 g/mol. The Hall–Kier alpha value is -12.4. The minimum Gasteiger partial charge on any atom is -0.456 e. The molecule has 20 aromatic rings. The highest BCUT2D eigenvalue weighted by molar-refractivity contribution is 6.25. The van der Waals surface area contributed by atoms with Crippen molar-refractivity contribution >= 4 is 130 Å². The molecule has 94 heavy (non-hydrogen) atoms. The summed E-state index contributed by atoms with van der Waals surface area (Å²) >= 11 is 0. The molecule has 0 bridgehead atoms. The molecule has 2 heterocycles. The molecular formula is C92H56O2. The molecule has 2 nitrogen and oxygen atoms in total. The van der Waals surface area contributed by atoms with Gasteiger partial charge in [0.05, 0.1) is 0 Å². The van der Waals surface area contributed by atoms with Crippen LogP contribution in [0.25, 0.3) is 197 Å². The molecule has 0 atom stereocenters. The molecule has 2 heteroatoms. The molecule has 0 fully saturated rings. The lowest BCUT2D eigenvalue weighted by atomic mass is 9.84. The number of benzene rings is 18. The molecule has 0 aliphatic carbocycles. The van der Waals surface area contributed by atoms with Crippen LogP contribution in [0.15, 0.2) is 349 Å². The Morgan fingerprint density at radius 3 is 0.851 bits per heavy atom. The summed E-state index contributed by atoms with van der Waals surface area (Å²) in [5.41, 5.74) is 18.2. The Balaban J connectivity index is 0.000000135. The summed E-state index contributed by atoms with van der Waals surface area (Å²) in [7, 11) is 0. The highest BCUT2D eigenvalue weighted by atomic mass is 16.3. The highest BCUT2D eigenvalue weighted by Crippen LogP contribution is 2.49. The van der Waals surface area contributed by atoms with Gasteiger partial charge in [-0.25, -0.2) is 0 Å². The molecule has 0 unspecified atom stereocenters. The summed E-state index contributed by atoms with van der Waals surface area (Å²) in [6.45, 7) is 0. The van der Waals surface area contributed by atoms with Crippen LogP contribution in [0.4, 0.5) is 0 Å². The lowest BCUT2D eigenvalue weighted by Gasteiger charge is -2.19. The Kier molecular flexibility index (Phi) is 12.3. The second-order valence-corrected chi connectivity index (χ2v) is 24.9. The first kappa shape index (κ1) is 53.5. The van der Waals surface area contributed by atoms with Crippen molar-refractivity contribution in [2.45, 2.75) is 0 Å². The SMILES string of the molecule is c1ccc(-c2c3ccccc3c(-c3ccccc3)c3cc(-c4ccc5c(c4)oc4ccc6ccccc6c45)ccc23)cc1.c1ccc2cc(-c3c4ccccc4c(-c4ccc5ccccc5c4)c4cc(-c5ccc6c(c5)oc5ccc7ccccc7c56)ccc34)ccc2c1. The summed E-state index contributed by atoms with van der Waals surface area (Å²) < 4.78 is 13.0. The van der Waals surface area contributed by atoms with Crippen molar-refractivity contribution in [2.75, 3.05) is 0 Å². The molecule has 20 rings (SSSR count). The Bertz CT molecular complexity index is 6470. The van der Waals surface area contributed by atoms with Crippen molar-refractivity contribution in [2.24, 2.45) is 0 Å². The third-order valence-corrected chi connectivity index (χ3v) is 19.6. The van der Waals surface area contributed by atoms with Crippen LogP contribution in [0.2, 0.25) is 0 Å². The topological polar surface area (TPSA) is 26.3 Å².